The van der Waals surface area contributed by atoms with Crippen LogP contribution in [0, 0.1) is 11.3 Å². The number of fused-ring (bicyclic) bond motifs is 1. The summed E-state index contributed by atoms with van der Waals surface area (Å²) < 4.78 is 0. The maximum atomic E-state index is 9.03. The van der Waals surface area contributed by atoms with Crippen LogP contribution in [0.25, 0.3) is 10.9 Å². The molecule has 0 aliphatic heterocycles. The summed E-state index contributed by atoms with van der Waals surface area (Å²) in [5, 5.41) is 10.00. The topological polar surface area (TPSA) is 65.6 Å². The van der Waals surface area contributed by atoms with Gasteiger partial charge in [0.1, 0.15) is 0 Å². The van der Waals surface area contributed by atoms with E-state index in [0.29, 0.717) is 5.56 Å². The molecule has 3 nitrogen and oxygen atoms in total. The van der Waals surface area contributed by atoms with Crippen LogP contribution in [-0.2, 0) is 0 Å². The molecule has 0 saturated carbocycles. The van der Waals surface area contributed by atoms with Crippen molar-refractivity contribution >= 4 is 10.9 Å². The third-order valence-corrected chi connectivity index (χ3v) is 2.70. The molecule has 0 unspecified atom stereocenters. The first-order valence-corrected chi connectivity index (χ1v) is 5.03. The highest BCUT2D eigenvalue weighted by molar-refractivity contribution is 5.89. The van der Waals surface area contributed by atoms with Crippen LogP contribution >= 0.6 is 0 Å². The van der Waals surface area contributed by atoms with E-state index in [2.05, 4.69) is 11.1 Å². The van der Waals surface area contributed by atoms with Crippen LogP contribution in [0.4, 0.5) is 0 Å². The largest absolute Gasteiger partial charge is 0.361 e. The molecule has 2 aromatic rings. The van der Waals surface area contributed by atoms with Gasteiger partial charge in [-0.3, -0.25) is 0 Å². The van der Waals surface area contributed by atoms with Gasteiger partial charge in [0, 0.05) is 23.1 Å². The van der Waals surface area contributed by atoms with E-state index in [9.17, 15) is 0 Å². The van der Waals surface area contributed by atoms with Gasteiger partial charge in [-0.1, -0.05) is 13.0 Å². The Morgan fingerprint density at radius 1 is 1.53 bits per heavy atom. The zero-order valence-electron chi connectivity index (χ0n) is 8.62. The summed E-state index contributed by atoms with van der Waals surface area (Å²) in [6, 6.07) is 7.85. The van der Waals surface area contributed by atoms with Gasteiger partial charge in [-0.25, -0.2) is 0 Å². The van der Waals surface area contributed by atoms with Crippen LogP contribution in [0.3, 0.4) is 0 Å². The summed E-state index contributed by atoms with van der Waals surface area (Å²) in [6.07, 6.45) is 2.77. The van der Waals surface area contributed by atoms with Crippen LogP contribution < -0.4 is 5.73 Å². The molecule has 1 aromatic heterocycles. The van der Waals surface area contributed by atoms with E-state index in [1.807, 2.05) is 31.3 Å². The molecular weight excluding hydrogens is 186 g/mol. The van der Waals surface area contributed by atoms with Crippen molar-refractivity contribution in [3.05, 3.63) is 35.5 Å². The molecule has 3 N–H and O–H groups in total. The maximum Gasteiger partial charge on any atom is 0.0998 e. The van der Waals surface area contributed by atoms with Crippen LogP contribution in [0.5, 0.6) is 0 Å². The van der Waals surface area contributed by atoms with Gasteiger partial charge in [-0.2, -0.15) is 5.26 Å². The van der Waals surface area contributed by atoms with Gasteiger partial charge in [0.05, 0.1) is 11.6 Å². The normalized spacial score (nSPS) is 12.6. The molecular formula is C12H13N3. The summed E-state index contributed by atoms with van der Waals surface area (Å²) in [7, 11) is 0. The Labute approximate surface area is 88.5 Å². The Bertz CT molecular complexity index is 519. The Hall–Kier alpha value is -1.79. The number of nitriles is 1. The lowest BCUT2D eigenvalue weighted by molar-refractivity contribution is 0.704. The molecule has 76 valence electrons. The number of nitrogens with two attached hydrogens (primary N) is 1. The Balaban J connectivity index is 2.72. The lowest BCUT2D eigenvalue weighted by atomic mass is 10.0. The molecule has 0 bridgehead atoms. The Morgan fingerprint density at radius 3 is 3.00 bits per heavy atom. The monoisotopic (exact) mass is 199 g/mol. The molecule has 0 radical (unpaired) electrons. The van der Waals surface area contributed by atoms with Crippen molar-refractivity contribution in [1.29, 1.82) is 5.26 Å². The van der Waals surface area contributed by atoms with Crippen LogP contribution in [0.1, 0.15) is 30.5 Å². The fourth-order valence-corrected chi connectivity index (χ4v) is 1.82. The van der Waals surface area contributed by atoms with E-state index in [4.69, 9.17) is 11.0 Å². The minimum atomic E-state index is -0.00625. The summed E-state index contributed by atoms with van der Waals surface area (Å²) in [5.41, 5.74) is 8.70. The minimum Gasteiger partial charge on any atom is -0.361 e. The predicted octanol–water partition coefficient (Wildman–Crippen LogP) is 2.45. The molecule has 2 rings (SSSR count). The second-order valence-corrected chi connectivity index (χ2v) is 3.60. The van der Waals surface area contributed by atoms with Crippen molar-refractivity contribution in [3.63, 3.8) is 0 Å². The van der Waals surface area contributed by atoms with E-state index in [0.717, 1.165) is 22.9 Å². The summed E-state index contributed by atoms with van der Waals surface area (Å²) in [4.78, 5) is 3.15. The molecule has 3 heteroatoms. The number of benzene rings is 1. The molecule has 0 spiro atoms. The van der Waals surface area contributed by atoms with Crippen molar-refractivity contribution in [2.24, 2.45) is 5.73 Å². The average molecular weight is 199 g/mol. The lowest BCUT2D eigenvalue weighted by Gasteiger charge is -2.07. The molecule has 0 aliphatic rings. The minimum absolute atomic E-state index is 0.00625. The van der Waals surface area contributed by atoms with Crippen molar-refractivity contribution in [2.75, 3.05) is 0 Å². The second kappa shape index (κ2) is 3.76. The maximum absolute atomic E-state index is 9.03. The van der Waals surface area contributed by atoms with E-state index >= 15 is 0 Å². The van der Waals surface area contributed by atoms with Crippen molar-refractivity contribution in [3.8, 4) is 6.07 Å². The number of aromatic amines is 1. The third kappa shape index (κ3) is 1.49. The number of nitrogens with zero attached hydrogens (tertiary/aromatic N) is 1. The number of H-pyrrole nitrogens is 1. The predicted molar refractivity (Wildman–Crippen MR) is 60.2 cm³/mol. The number of nitrogens with one attached hydrogen (secondary N) is 1. The molecule has 1 heterocycles. The van der Waals surface area contributed by atoms with Gasteiger partial charge in [-0.05, 0) is 24.1 Å². The molecule has 1 atom stereocenters. The van der Waals surface area contributed by atoms with E-state index in [1.165, 1.54) is 0 Å². The van der Waals surface area contributed by atoms with E-state index in [-0.39, 0.29) is 6.04 Å². The fraction of sp³-hybridized carbons (Fsp3) is 0.250. The molecule has 0 amide bonds. The molecule has 1 aromatic carbocycles. The first-order chi connectivity index (χ1) is 7.27. The first-order valence-electron chi connectivity index (χ1n) is 5.03. The molecule has 15 heavy (non-hydrogen) atoms. The standard InChI is InChI=1S/C12H13N3/c1-2-10(14)9-7-15-11-5-3-4-8(6-13)12(9)11/h3-5,7,10,15H,2,14H2,1H3/t10-/m0/s1. The third-order valence-electron chi connectivity index (χ3n) is 2.70. The van der Waals surface area contributed by atoms with Gasteiger partial charge < -0.3 is 10.7 Å². The van der Waals surface area contributed by atoms with Crippen LogP contribution in [0.2, 0.25) is 0 Å². The zero-order chi connectivity index (χ0) is 10.8. The second-order valence-electron chi connectivity index (χ2n) is 3.60. The van der Waals surface area contributed by atoms with Gasteiger partial charge in [0.25, 0.3) is 0 Å². The van der Waals surface area contributed by atoms with Gasteiger partial charge in [-0.15, -0.1) is 0 Å². The smallest absolute Gasteiger partial charge is 0.0998 e. The molecule has 0 aliphatic carbocycles. The number of hydrogen-bond acceptors (Lipinski definition) is 2. The highest BCUT2D eigenvalue weighted by Crippen LogP contribution is 2.27. The van der Waals surface area contributed by atoms with Crippen molar-refractivity contribution in [2.45, 2.75) is 19.4 Å². The number of aromatic nitrogens is 1. The quantitative estimate of drug-likeness (QED) is 0.780. The number of hydrogen-bond donors (Lipinski definition) is 2. The van der Waals surface area contributed by atoms with Crippen molar-refractivity contribution < 1.29 is 0 Å². The molecule has 0 fully saturated rings. The lowest BCUT2D eigenvalue weighted by Crippen LogP contribution is -2.08. The van der Waals surface area contributed by atoms with Crippen molar-refractivity contribution in [1.82, 2.24) is 4.98 Å². The van der Waals surface area contributed by atoms with Gasteiger partial charge >= 0.3 is 0 Å². The van der Waals surface area contributed by atoms with E-state index < -0.39 is 0 Å². The average Bonchev–Trinajstić information content (AvgIpc) is 2.71. The summed E-state index contributed by atoms with van der Waals surface area (Å²) >= 11 is 0. The highest BCUT2D eigenvalue weighted by atomic mass is 14.7. The summed E-state index contributed by atoms with van der Waals surface area (Å²) in [5.74, 6) is 0. The molecule has 0 saturated heterocycles. The van der Waals surface area contributed by atoms with E-state index in [1.54, 1.807) is 0 Å². The Morgan fingerprint density at radius 2 is 2.33 bits per heavy atom. The summed E-state index contributed by atoms with van der Waals surface area (Å²) in [6.45, 7) is 2.04. The Kier molecular flexibility index (Phi) is 2.44. The number of rotatable bonds is 2. The first kappa shape index (κ1) is 9.75. The SMILES string of the molecule is CC[C@H](N)c1c[nH]c2cccc(C#N)c12. The zero-order valence-corrected chi connectivity index (χ0v) is 8.62. The van der Waals surface area contributed by atoms with Crippen LogP contribution in [-0.4, -0.2) is 4.98 Å². The van der Waals surface area contributed by atoms with Gasteiger partial charge in [0.2, 0.25) is 0 Å². The van der Waals surface area contributed by atoms with Gasteiger partial charge in [0.15, 0.2) is 0 Å². The fourth-order valence-electron chi connectivity index (χ4n) is 1.82. The van der Waals surface area contributed by atoms with Crippen LogP contribution in [0.15, 0.2) is 24.4 Å². The highest BCUT2D eigenvalue weighted by Gasteiger charge is 2.12.